The number of unbranched alkanes of at least 4 members (excludes halogenated alkanes) is 6. The van der Waals surface area contributed by atoms with E-state index in [1.807, 2.05) is 27.7 Å². The van der Waals surface area contributed by atoms with Gasteiger partial charge >= 0.3 is 0 Å². The van der Waals surface area contributed by atoms with E-state index in [0.717, 1.165) is 51.4 Å². The van der Waals surface area contributed by atoms with E-state index in [0.29, 0.717) is 24.0 Å². The molecule has 0 saturated heterocycles. The maximum atomic E-state index is 13.9. The Hall–Kier alpha value is -1.58. The van der Waals surface area contributed by atoms with Crippen LogP contribution in [0.1, 0.15) is 126 Å². The Balaban J connectivity index is 3.04. The van der Waals surface area contributed by atoms with Crippen LogP contribution in [0.2, 0.25) is 0 Å². The summed E-state index contributed by atoms with van der Waals surface area (Å²) in [5, 5.41) is 0. The van der Waals surface area contributed by atoms with Crippen molar-refractivity contribution in [2.75, 3.05) is 13.3 Å². The zero-order valence-electron chi connectivity index (χ0n) is 22.5. The maximum absolute atomic E-state index is 13.9. The molecule has 0 spiro atoms. The summed E-state index contributed by atoms with van der Waals surface area (Å²) in [6, 6.07) is 6.76. The van der Waals surface area contributed by atoms with Crippen molar-refractivity contribution in [3.63, 3.8) is 0 Å². The quantitative estimate of drug-likeness (QED) is 0.156. The zero-order valence-corrected chi connectivity index (χ0v) is 22.5. The third-order valence-electron chi connectivity index (χ3n) is 7.78. The van der Waals surface area contributed by atoms with Gasteiger partial charge in [0.25, 0.3) is 0 Å². The van der Waals surface area contributed by atoms with Crippen LogP contribution in [0.25, 0.3) is 0 Å². The Morgan fingerprint density at radius 3 is 1.41 bits per heavy atom. The van der Waals surface area contributed by atoms with Crippen LogP contribution in [-0.4, -0.2) is 24.9 Å². The predicted molar refractivity (Wildman–Crippen MR) is 139 cm³/mol. The molecule has 34 heavy (non-hydrogen) atoms. The minimum Gasteiger partial charge on any atom is -0.294 e. The number of halogens is 2. The van der Waals surface area contributed by atoms with E-state index in [1.165, 1.54) is 0 Å². The molecule has 0 radical (unpaired) electrons. The molecule has 0 heterocycles. The Labute approximate surface area is 207 Å². The number of Topliss-reactive ketones (excluding diaryl/α,β-unsaturated/α-hetero) is 2. The minimum absolute atomic E-state index is 0.139. The first-order valence-electron chi connectivity index (χ1n) is 13.4. The number of carbonyl (C=O) groups is 2. The molecule has 2 nitrogen and oxygen atoms in total. The van der Waals surface area contributed by atoms with Gasteiger partial charge in [0.05, 0.1) is 13.3 Å². The Bertz CT molecular complexity index is 695. The fourth-order valence-electron chi connectivity index (χ4n) is 4.81. The summed E-state index contributed by atoms with van der Waals surface area (Å²) < 4.78 is 27.9. The van der Waals surface area contributed by atoms with Crippen LogP contribution in [-0.2, 0) is 0 Å². The molecule has 0 aromatic heterocycles. The summed E-state index contributed by atoms with van der Waals surface area (Å²) >= 11 is 0. The number of hydrogen-bond acceptors (Lipinski definition) is 2. The summed E-state index contributed by atoms with van der Waals surface area (Å²) in [7, 11) is 0. The molecule has 0 aliphatic rings. The van der Waals surface area contributed by atoms with E-state index in [2.05, 4.69) is 13.8 Å². The number of ketones is 2. The normalized spacial score (nSPS) is 14.1. The SMILES string of the molecule is CCCCCCC(CF)C(C)(C)C(=O)c1cccc(C(=O)C(C)(C)C(CF)CCCCCC)c1. The van der Waals surface area contributed by atoms with Gasteiger partial charge < -0.3 is 0 Å². The summed E-state index contributed by atoms with van der Waals surface area (Å²) in [5.41, 5.74) is -0.866. The lowest BCUT2D eigenvalue weighted by molar-refractivity contribution is 0.0684. The molecule has 0 amide bonds. The minimum atomic E-state index is -0.862. The maximum Gasteiger partial charge on any atom is 0.168 e. The molecule has 2 unspecified atom stereocenters. The predicted octanol–water partition coefficient (Wildman–Crippen LogP) is 9.22. The van der Waals surface area contributed by atoms with Gasteiger partial charge in [-0.15, -0.1) is 0 Å². The number of rotatable bonds is 18. The van der Waals surface area contributed by atoms with Crippen molar-refractivity contribution in [3.05, 3.63) is 35.4 Å². The van der Waals surface area contributed by atoms with Crippen LogP contribution in [0.5, 0.6) is 0 Å². The van der Waals surface area contributed by atoms with Crippen molar-refractivity contribution in [3.8, 4) is 0 Å². The number of alkyl halides is 2. The Morgan fingerprint density at radius 2 is 1.09 bits per heavy atom. The van der Waals surface area contributed by atoms with Crippen LogP contribution in [0.3, 0.4) is 0 Å². The first kappa shape index (κ1) is 30.5. The van der Waals surface area contributed by atoms with Gasteiger partial charge in [0.15, 0.2) is 11.6 Å². The standard InChI is InChI=1S/C30H48F2O2/c1-7-9-11-13-18-25(21-31)29(3,4)27(33)23-16-15-17-24(20-23)28(34)30(5,6)26(22-32)19-14-12-10-8-2/h15-17,20,25-26H,7-14,18-19,21-22H2,1-6H3. The van der Waals surface area contributed by atoms with Crippen molar-refractivity contribution in [2.24, 2.45) is 22.7 Å². The first-order chi connectivity index (χ1) is 16.1. The second kappa shape index (κ2) is 14.7. The third kappa shape index (κ3) is 8.27. The molecule has 0 bridgehead atoms. The number of benzene rings is 1. The molecule has 0 aliphatic heterocycles. The molecular formula is C30H48F2O2. The van der Waals surface area contributed by atoms with E-state index in [9.17, 15) is 18.4 Å². The molecule has 4 heteroatoms. The topological polar surface area (TPSA) is 34.1 Å². The van der Waals surface area contributed by atoms with Crippen LogP contribution in [0.4, 0.5) is 8.78 Å². The summed E-state index contributed by atoms with van der Waals surface area (Å²) in [6.45, 7) is 10.5. The molecule has 0 aliphatic carbocycles. The fraction of sp³-hybridized carbons (Fsp3) is 0.733. The van der Waals surface area contributed by atoms with E-state index >= 15 is 0 Å². The molecule has 194 valence electrons. The lowest BCUT2D eigenvalue weighted by atomic mass is 9.70. The van der Waals surface area contributed by atoms with Gasteiger partial charge in [-0.05, 0) is 30.7 Å². The summed E-state index contributed by atoms with van der Waals surface area (Å²) in [6.07, 6.45) is 9.73. The van der Waals surface area contributed by atoms with Crippen molar-refractivity contribution >= 4 is 11.6 Å². The van der Waals surface area contributed by atoms with E-state index in [4.69, 9.17) is 0 Å². The summed E-state index contributed by atoms with van der Waals surface area (Å²) in [4.78, 5) is 26.9. The van der Waals surface area contributed by atoms with Crippen molar-refractivity contribution in [1.29, 1.82) is 0 Å². The highest BCUT2D eigenvalue weighted by molar-refractivity contribution is 6.05. The molecule has 0 N–H and O–H groups in total. The van der Waals surface area contributed by atoms with Crippen LogP contribution < -0.4 is 0 Å². The van der Waals surface area contributed by atoms with Gasteiger partial charge in [0.2, 0.25) is 0 Å². The molecule has 0 saturated carbocycles. The second-order valence-corrected chi connectivity index (χ2v) is 11.1. The van der Waals surface area contributed by atoms with Crippen LogP contribution >= 0.6 is 0 Å². The van der Waals surface area contributed by atoms with Crippen molar-refractivity contribution < 1.29 is 18.4 Å². The highest BCUT2D eigenvalue weighted by Gasteiger charge is 2.39. The van der Waals surface area contributed by atoms with Gasteiger partial charge in [0, 0.05) is 22.0 Å². The van der Waals surface area contributed by atoms with E-state index < -0.39 is 24.2 Å². The highest BCUT2D eigenvalue weighted by Crippen LogP contribution is 2.37. The Kier molecular flexibility index (Phi) is 13.2. The lowest BCUT2D eigenvalue weighted by Gasteiger charge is -2.33. The van der Waals surface area contributed by atoms with Crippen molar-refractivity contribution in [1.82, 2.24) is 0 Å². The lowest BCUT2D eigenvalue weighted by Crippen LogP contribution is -2.36. The van der Waals surface area contributed by atoms with Gasteiger partial charge in [-0.3, -0.25) is 18.4 Å². The fourth-order valence-corrected chi connectivity index (χ4v) is 4.81. The third-order valence-corrected chi connectivity index (χ3v) is 7.78. The highest BCUT2D eigenvalue weighted by atomic mass is 19.1. The van der Waals surface area contributed by atoms with Gasteiger partial charge in [-0.1, -0.05) is 111 Å². The van der Waals surface area contributed by atoms with Crippen molar-refractivity contribution in [2.45, 2.75) is 106 Å². The largest absolute Gasteiger partial charge is 0.294 e. The molecule has 1 rings (SSSR count). The Morgan fingerprint density at radius 1 is 0.706 bits per heavy atom. The smallest absolute Gasteiger partial charge is 0.168 e. The van der Waals surface area contributed by atoms with Gasteiger partial charge in [-0.2, -0.15) is 0 Å². The summed E-state index contributed by atoms with van der Waals surface area (Å²) in [5.74, 6) is -0.988. The first-order valence-corrected chi connectivity index (χ1v) is 13.4. The monoisotopic (exact) mass is 478 g/mol. The molecule has 1 aromatic rings. The molecule has 2 atom stereocenters. The number of hydrogen-bond donors (Lipinski definition) is 0. The molecule has 0 fully saturated rings. The van der Waals surface area contributed by atoms with Gasteiger partial charge in [0.1, 0.15) is 0 Å². The zero-order chi connectivity index (χ0) is 25.8. The molecule has 1 aromatic carbocycles. The average Bonchev–Trinajstić information content (AvgIpc) is 2.82. The van der Waals surface area contributed by atoms with E-state index in [-0.39, 0.29) is 23.4 Å². The second-order valence-electron chi connectivity index (χ2n) is 11.1. The van der Waals surface area contributed by atoms with Crippen LogP contribution in [0, 0.1) is 22.7 Å². The van der Waals surface area contributed by atoms with E-state index in [1.54, 1.807) is 24.3 Å². The molecular weight excluding hydrogens is 430 g/mol. The average molecular weight is 479 g/mol. The van der Waals surface area contributed by atoms with Gasteiger partial charge in [-0.25, -0.2) is 0 Å². The number of carbonyl (C=O) groups excluding carboxylic acids is 2. The van der Waals surface area contributed by atoms with Crippen LogP contribution in [0.15, 0.2) is 24.3 Å².